The van der Waals surface area contributed by atoms with Crippen LogP contribution in [0.15, 0.2) is 12.2 Å². The molecule has 21 heavy (non-hydrogen) atoms. The second-order valence-electron chi connectivity index (χ2n) is 4.77. The van der Waals surface area contributed by atoms with Crippen LogP contribution >= 0.6 is 0 Å². The van der Waals surface area contributed by atoms with Crippen molar-refractivity contribution in [2.75, 3.05) is 26.7 Å². The lowest BCUT2D eigenvalue weighted by Crippen LogP contribution is -2.30. The first-order valence-electron chi connectivity index (χ1n) is 7.21. The molecule has 0 unspecified atom stereocenters. The zero-order valence-corrected chi connectivity index (χ0v) is 12.4. The molecule has 0 aliphatic carbocycles. The number of hydroxylamine groups is 1. The lowest BCUT2D eigenvalue weighted by Gasteiger charge is -2.13. The van der Waals surface area contributed by atoms with Crippen molar-refractivity contribution in [1.82, 2.24) is 15.7 Å². The summed E-state index contributed by atoms with van der Waals surface area (Å²) in [7, 11) is 1.55. The van der Waals surface area contributed by atoms with Crippen molar-refractivity contribution in [3.8, 4) is 0 Å². The molecule has 1 aliphatic heterocycles. The summed E-state index contributed by atoms with van der Waals surface area (Å²) in [4.78, 5) is 40.0. The lowest BCUT2D eigenvalue weighted by molar-refractivity contribution is -0.136. The Labute approximate surface area is 124 Å². The van der Waals surface area contributed by atoms with E-state index in [2.05, 4.69) is 15.6 Å². The predicted octanol–water partition coefficient (Wildman–Crippen LogP) is 0.129. The summed E-state index contributed by atoms with van der Waals surface area (Å²) in [6.07, 6.45) is 6.15. The molecule has 0 aromatic rings. The predicted molar refractivity (Wildman–Crippen MR) is 77.0 cm³/mol. The van der Waals surface area contributed by atoms with Gasteiger partial charge in [0, 0.05) is 38.2 Å². The van der Waals surface area contributed by atoms with Gasteiger partial charge in [-0.2, -0.15) is 0 Å². The molecule has 0 spiro atoms. The van der Waals surface area contributed by atoms with Gasteiger partial charge in [-0.15, -0.1) is 0 Å². The molecule has 1 rings (SSSR count). The zero-order valence-electron chi connectivity index (χ0n) is 12.4. The summed E-state index contributed by atoms with van der Waals surface area (Å²) >= 11 is 0. The van der Waals surface area contributed by atoms with E-state index in [-0.39, 0.29) is 17.7 Å². The van der Waals surface area contributed by atoms with Gasteiger partial charge in [0.2, 0.25) is 5.91 Å². The highest BCUT2D eigenvalue weighted by molar-refractivity contribution is 6.12. The summed E-state index contributed by atoms with van der Waals surface area (Å²) in [5, 5.41) is 2.82. The molecule has 0 atom stereocenters. The average Bonchev–Trinajstić information content (AvgIpc) is 2.78. The van der Waals surface area contributed by atoms with Crippen LogP contribution < -0.4 is 10.8 Å². The highest BCUT2D eigenvalue weighted by atomic mass is 16.6. The maximum atomic E-state index is 11.5. The van der Waals surface area contributed by atoms with Crippen LogP contribution in [0.4, 0.5) is 0 Å². The number of hydrogen-bond acceptors (Lipinski definition) is 5. The van der Waals surface area contributed by atoms with Crippen LogP contribution in [-0.4, -0.2) is 49.4 Å². The monoisotopic (exact) mass is 297 g/mol. The van der Waals surface area contributed by atoms with Gasteiger partial charge >= 0.3 is 0 Å². The van der Waals surface area contributed by atoms with Gasteiger partial charge in [-0.3, -0.25) is 19.3 Å². The van der Waals surface area contributed by atoms with E-state index in [9.17, 15) is 14.4 Å². The first-order valence-corrected chi connectivity index (χ1v) is 7.21. The first kappa shape index (κ1) is 17.3. The van der Waals surface area contributed by atoms with E-state index >= 15 is 0 Å². The van der Waals surface area contributed by atoms with Crippen molar-refractivity contribution in [3.63, 3.8) is 0 Å². The van der Waals surface area contributed by atoms with Gasteiger partial charge in [-0.05, 0) is 19.3 Å². The molecule has 2 N–H and O–H groups in total. The van der Waals surface area contributed by atoms with Crippen LogP contribution in [0, 0.1) is 0 Å². The van der Waals surface area contributed by atoms with E-state index in [0.717, 1.165) is 25.7 Å². The van der Waals surface area contributed by atoms with Gasteiger partial charge in [0.1, 0.15) is 0 Å². The Balaban J connectivity index is 1.95. The van der Waals surface area contributed by atoms with E-state index in [0.29, 0.717) is 26.1 Å². The minimum absolute atomic E-state index is 0.0300. The topological polar surface area (TPSA) is 87.7 Å². The normalized spacial score (nSPS) is 14.0. The number of carbonyl (C=O) groups is 3. The molecule has 1 heterocycles. The number of carbonyl (C=O) groups excluding carboxylic acids is 3. The van der Waals surface area contributed by atoms with Crippen molar-refractivity contribution < 1.29 is 19.2 Å². The molecule has 3 amide bonds. The average molecular weight is 297 g/mol. The largest absolute Gasteiger partial charge is 0.356 e. The van der Waals surface area contributed by atoms with Gasteiger partial charge in [-0.1, -0.05) is 6.42 Å². The van der Waals surface area contributed by atoms with Crippen molar-refractivity contribution in [3.05, 3.63) is 12.2 Å². The summed E-state index contributed by atoms with van der Waals surface area (Å²) in [6.45, 7) is 1.75. The maximum Gasteiger partial charge on any atom is 0.253 e. The van der Waals surface area contributed by atoms with Gasteiger partial charge in [0.25, 0.3) is 11.8 Å². The fraction of sp³-hybridized carbons (Fsp3) is 0.643. The second-order valence-corrected chi connectivity index (χ2v) is 4.77. The number of unbranched alkanes of at least 4 members (excludes halogenated alkanes) is 2. The number of nitrogens with one attached hydrogen (secondary N) is 2. The summed E-state index contributed by atoms with van der Waals surface area (Å²) in [5.41, 5.74) is 2.70. The molecule has 0 bridgehead atoms. The molecule has 1 aliphatic rings. The first-order chi connectivity index (χ1) is 10.1. The Bertz CT molecular complexity index is 378. The van der Waals surface area contributed by atoms with Gasteiger partial charge in [0.15, 0.2) is 0 Å². The van der Waals surface area contributed by atoms with Gasteiger partial charge < -0.3 is 10.2 Å². The Morgan fingerprint density at radius 2 is 1.81 bits per heavy atom. The Morgan fingerprint density at radius 1 is 1.10 bits per heavy atom. The number of amides is 3. The Hall–Kier alpha value is -1.73. The molecular formula is C14H23N3O4. The van der Waals surface area contributed by atoms with E-state index in [4.69, 9.17) is 0 Å². The van der Waals surface area contributed by atoms with Crippen molar-refractivity contribution in [1.29, 1.82) is 0 Å². The van der Waals surface area contributed by atoms with Crippen molar-refractivity contribution in [2.45, 2.75) is 32.1 Å². The smallest absolute Gasteiger partial charge is 0.253 e. The molecule has 0 fully saturated rings. The third-order valence-corrected chi connectivity index (χ3v) is 3.11. The second kappa shape index (κ2) is 10.1. The van der Waals surface area contributed by atoms with Crippen LogP contribution in [0.5, 0.6) is 0 Å². The number of hydrogen-bond donors (Lipinski definition) is 2. The van der Waals surface area contributed by atoms with Crippen molar-refractivity contribution >= 4 is 17.7 Å². The molecular weight excluding hydrogens is 274 g/mol. The summed E-state index contributed by atoms with van der Waals surface area (Å²) in [5.74, 6) is -0.466. The maximum absolute atomic E-state index is 11.5. The van der Waals surface area contributed by atoms with E-state index < -0.39 is 0 Å². The zero-order chi connectivity index (χ0) is 15.5. The summed E-state index contributed by atoms with van der Waals surface area (Å²) in [6, 6.07) is 0. The Morgan fingerprint density at radius 3 is 2.48 bits per heavy atom. The van der Waals surface area contributed by atoms with Crippen LogP contribution in [0.1, 0.15) is 32.1 Å². The Kier molecular flexibility index (Phi) is 8.30. The van der Waals surface area contributed by atoms with Crippen LogP contribution in [-0.2, 0) is 19.2 Å². The molecule has 0 aromatic heterocycles. The summed E-state index contributed by atoms with van der Waals surface area (Å²) < 4.78 is 0. The van der Waals surface area contributed by atoms with Crippen molar-refractivity contribution in [2.24, 2.45) is 0 Å². The molecule has 118 valence electrons. The molecule has 0 radical (unpaired) electrons. The lowest BCUT2D eigenvalue weighted by atomic mass is 10.2. The number of imide groups is 1. The number of rotatable bonds is 11. The molecule has 0 saturated heterocycles. The fourth-order valence-corrected chi connectivity index (χ4v) is 1.96. The van der Waals surface area contributed by atoms with E-state index in [1.54, 1.807) is 7.11 Å². The molecule has 0 saturated carbocycles. The standard InChI is InChI=1S/C14H23N3O4/c1-21-16-10-5-9-15-12(18)6-3-2-4-11-17-13(19)7-8-14(17)20/h7-8,16H,2-6,9-11H2,1H3,(H,15,18). The molecule has 7 nitrogen and oxygen atoms in total. The quantitative estimate of drug-likeness (QED) is 0.321. The number of nitrogens with zero attached hydrogens (tertiary/aromatic N) is 1. The highest BCUT2D eigenvalue weighted by Crippen LogP contribution is 2.07. The minimum atomic E-state index is -0.248. The van der Waals surface area contributed by atoms with Gasteiger partial charge in [-0.25, -0.2) is 5.48 Å². The van der Waals surface area contributed by atoms with Crippen LogP contribution in [0.3, 0.4) is 0 Å². The molecule has 0 aromatic carbocycles. The van der Waals surface area contributed by atoms with E-state index in [1.165, 1.54) is 17.1 Å². The SMILES string of the molecule is CONCCCNC(=O)CCCCCN1C(=O)C=CC1=O. The molecule has 7 heteroatoms. The third-order valence-electron chi connectivity index (χ3n) is 3.11. The third kappa shape index (κ3) is 7.01. The van der Waals surface area contributed by atoms with Crippen LogP contribution in [0.25, 0.3) is 0 Å². The highest BCUT2D eigenvalue weighted by Gasteiger charge is 2.22. The van der Waals surface area contributed by atoms with Crippen LogP contribution in [0.2, 0.25) is 0 Å². The minimum Gasteiger partial charge on any atom is -0.356 e. The van der Waals surface area contributed by atoms with E-state index in [1.807, 2.05) is 0 Å². The fourth-order valence-electron chi connectivity index (χ4n) is 1.96. The van der Waals surface area contributed by atoms with Gasteiger partial charge in [0.05, 0.1) is 7.11 Å².